The normalized spacial score (nSPS) is 13.3. The smallest absolute Gasteiger partial charge is 0.0555 e. The van der Waals surface area contributed by atoms with Crippen molar-refractivity contribution in [3.63, 3.8) is 0 Å². The van der Waals surface area contributed by atoms with Crippen LogP contribution in [0.5, 0.6) is 0 Å². The lowest BCUT2D eigenvalue weighted by atomic mass is 10.4. The van der Waals surface area contributed by atoms with Gasteiger partial charge in [0.1, 0.15) is 0 Å². The first-order valence-corrected chi connectivity index (χ1v) is 5.78. The van der Waals surface area contributed by atoms with Crippen molar-refractivity contribution in [2.75, 3.05) is 0 Å². The zero-order chi connectivity index (χ0) is 9.14. The quantitative estimate of drug-likeness (QED) is 0.785. The Hall–Kier alpha value is -0.150. The van der Waals surface area contributed by atoms with Crippen LogP contribution in [0.3, 0.4) is 0 Å². The number of hydrogen-bond donors (Lipinski definition) is 0. The Kier molecular flexibility index (Phi) is 3.47. The van der Waals surface area contributed by atoms with Crippen LogP contribution in [0.15, 0.2) is 33.6 Å². The highest BCUT2D eigenvalue weighted by atomic mass is 79.9. The van der Waals surface area contributed by atoms with Gasteiger partial charge in [0.05, 0.1) is 10.8 Å². The summed E-state index contributed by atoms with van der Waals surface area (Å²) in [6, 6.07) is 7.62. The summed E-state index contributed by atoms with van der Waals surface area (Å²) < 4.78 is 12.6. The summed E-state index contributed by atoms with van der Waals surface area (Å²) in [6.45, 7) is 3.91. The Labute approximate surface area is 83.8 Å². The summed E-state index contributed by atoms with van der Waals surface area (Å²) in [5.41, 5.74) is 0. The molecular formula is C9H11BrOS. The molecule has 0 spiro atoms. The summed E-state index contributed by atoms with van der Waals surface area (Å²) in [5.74, 6) is 0. The fourth-order valence-electron chi connectivity index (χ4n) is 0.864. The SMILES string of the molecule is CC(C)[S@@](=O)c1cccc(Br)c1. The van der Waals surface area contributed by atoms with Crippen LogP contribution < -0.4 is 0 Å². The molecule has 1 aromatic carbocycles. The molecule has 1 rings (SSSR count). The van der Waals surface area contributed by atoms with Gasteiger partial charge in [-0.25, -0.2) is 0 Å². The van der Waals surface area contributed by atoms with E-state index < -0.39 is 10.8 Å². The molecule has 0 bridgehead atoms. The average molecular weight is 247 g/mol. The molecule has 0 aliphatic carbocycles. The molecule has 1 nitrogen and oxygen atoms in total. The minimum Gasteiger partial charge on any atom is -0.254 e. The Balaban J connectivity index is 2.96. The Morgan fingerprint density at radius 1 is 1.42 bits per heavy atom. The van der Waals surface area contributed by atoms with Crippen LogP contribution in [-0.4, -0.2) is 9.46 Å². The number of benzene rings is 1. The first-order chi connectivity index (χ1) is 5.61. The number of halogens is 1. The lowest BCUT2D eigenvalue weighted by molar-refractivity contribution is 0.676. The zero-order valence-electron chi connectivity index (χ0n) is 7.08. The standard InChI is InChI=1S/C9H11BrOS/c1-7(2)12(11)9-5-3-4-8(10)6-9/h3-7H,1-2H3/t12-/m1/s1. The van der Waals surface area contributed by atoms with Gasteiger partial charge >= 0.3 is 0 Å². The second kappa shape index (κ2) is 4.19. The van der Waals surface area contributed by atoms with Gasteiger partial charge in [-0.2, -0.15) is 0 Å². The van der Waals surface area contributed by atoms with Gasteiger partial charge in [0, 0.05) is 14.6 Å². The van der Waals surface area contributed by atoms with Crippen LogP contribution in [0.4, 0.5) is 0 Å². The Morgan fingerprint density at radius 2 is 2.08 bits per heavy atom. The maximum atomic E-state index is 11.6. The maximum Gasteiger partial charge on any atom is 0.0555 e. The highest BCUT2D eigenvalue weighted by molar-refractivity contribution is 9.10. The van der Waals surface area contributed by atoms with Crippen molar-refractivity contribution in [2.24, 2.45) is 0 Å². The van der Waals surface area contributed by atoms with Gasteiger partial charge in [-0.1, -0.05) is 35.8 Å². The molecule has 0 aliphatic heterocycles. The van der Waals surface area contributed by atoms with Crippen LogP contribution in [0, 0.1) is 0 Å². The van der Waals surface area contributed by atoms with Crippen LogP contribution >= 0.6 is 15.9 Å². The van der Waals surface area contributed by atoms with E-state index in [1.165, 1.54) is 0 Å². The van der Waals surface area contributed by atoms with Crippen molar-refractivity contribution in [2.45, 2.75) is 24.0 Å². The fraction of sp³-hybridized carbons (Fsp3) is 0.333. The van der Waals surface area contributed by atoms with Crippen LogP contribution in [0.1, 0.15) is 13.8 Å². The molecular weight excluding hydrogens is 236 g/mol. The van der Waals surface area contributed by atoms with E-state index in [4.69, 9.17) is 0 Å². The third-order valence-corrected chi connectivity index (χ3v) is 3.52. The minimum atomic E-state index is -0.875. The van der Waals surface area contributed by atoms with Crippen molar-refractivity contribution in [3.05, 3.63) is 28.7 Å². The first-order valence-electron chi connectivity index (χ1n) is 3.77. The molecule has 1 aromatic rings. The monoisotopic (exact) mass is 246 g/mol. The summed E-state index contributed by atoms with van der Waals surface area (Å²) in [4.78, 5) is 0.888. The van der Waals surface area contributed by atoms with E-state index in [1.807, 2.05) is 38.1 Å². The molecule has 0 unspecified atom stereocenters. The van der Waals surface area contributed by atoms with E-state index in [-0.39, 0.29) is 5.25 Å². The fourth-order valence-corrected chi connectivity index (χ4v) is 2.42. The molecule has 0 saturated carbocycles. The van der Waals surface area contributed by atoms with Crippen molar-refractivity contribution < 1.29 is 4.21 Å². The Bertz CT molecular complexity index is 296. The lowest BCUT2D eigenvalue weighted by Crippen LogP contribution is -2.05. The predicted molar refractivity (Wildman–Crippen MR) is 55.7 cm³/mol. The molecule has 0 radical (unpaired) electrons. The van der Waals surface area contributed by atoms with Gasteiger partial charge in [-0.3, -0.25) is 4.21 Å². The van der Waals surface area contributed by atoms with Gasteiger partial charge in [-0.05, 0) is 18.2 Å². The van der Waals surface area contributed by atoms with Gasteiger partial charge in [0.2, 0.25) is 0 Å². The summed E-state index contributed by atoms with van der Waals surface area (Å²) in [6.07, 6.45) is 0. The van der Waals surface area contributed by atoms with E-state index in [0.29, 0.717) is 0 Å². The lowest BCUT2D eigenvalue weighted by Gasteiger charge is -2.04. The van der Waals surface area contributed by atoms with E-state index in [1.54, 1.807) is 0 Å². The molecule has 12 heavy (non-hydrogen) atoms. The predicted octanol–water partition coefficient (Wildman–Crippen LogP) is 2.97. The largest absolute Gasteiger partial charge is 0.254 e. The van der Waals surface area contributed by atoms with E-state index in [0.717, 1.165) is 9.37 Å². The van der Waals surface area contributed by atoms with Crippen molar-refractivity contribution in [1.29, 1.82) is 0 Å². The van der Waals surface area contributed by atoms with E-state index in [2.05, 4.69) is 15.9 Å². The third-order valence-electron chi connectivity index (χ3n) is 1.46. The molecule has 0 fully saturated rings. The van der Waals surface area contributed by atoms with Crippen molar-refractivity contribution >= 4 is 26.7 Å². The topological polar surface area (TPSA) is 17.1 Å². The molecule has 3 heteroatoms. The summed E-state index contributed by atoms with van der Waals surface area (Å²) in [7, 11) is -0.875. The maximum absolute atomic E-state index is 11.6. The highest BCUT2D eigenvalue weighted by Crippen LogP contribution is 2.16. The highest BCUT2D eigenvalue weighted by Gasteiger charge is 2.07. The van der Waals surface area contributed by atoms with Gasteiger partial charge in [-0.15, -0.1) is 0 Å². The molecule has 1 atom stereocenters. The Morgan fingerprint density at radius 3 is 2.58 bits per heavy atom. The second-order valence-electron chi connectivity index (χ2n) is 2.80. The summed E-state index contributed by atoms with van der Waals surface area (Å²) in [5, 5.41) is 0.180. The van der Waals surface area contributed by atoms with Gasteiger partial charge in [0.15, 0.2) is 0 Å². The summed E-state index contributed by atoms with van der Waals surface area (Å²) >= 11 is 3.35. The molecule has 0 aromatic heterocycles. The van der Waals surface area contributed by atoms with Crippen molar-refractivity contribution in [1.82, 2.24) is 0 Å². The minimum absolute atomic E-state index is 0.180. The van der Waals surface area contributed by atoms with Crippen LogP contribution in [-0.2, 0) is 10.8 Å². The van der Waals surface area contributed by atoms with E-state index >= 15 is 0 Å². The number of hydrogen-bond acceptors (Lipinski definition) is 1. The molecule has 0 N–H and O–H groups in total. The molecule has 66 valence electrons. The molecule has 0 amide bonds. The zero-order valence-corrected chi connectivity index (χ0v) is 9.48. The van der Waals surface area contributed by atoms with Crippen molar-refractivity contribution in [3.8, 4) is 0 Å². The molecule has 0 aliphatic rings. The van der Waals surface area contributed by atoms with Gasteiger partial charge in [0.25, 0.3) is 0 Å². The average Bonchev–Trinajstić information content (AvgIpc) is 2.03. The number of rotatable bonds is 2. The second-order valence-corrected chi connectivity index (χ2v) is 5.73. The van der Waals surface area contributed by atoms with E-state index in [9.17, 15) is 4.21 Å². The van der Waals surface area contributed by atoms with Gasteiger partial charge < -0.3 is 0 Å². The van der Waals surface area contributed by atoms with Crippen LogP contribution in [0.2, 0.25) is 0 Å². The molecule has 0 heterocycles. The molecule has 0 saturated heterocycles. The first kappa shape index (κ1) is 9.93. The van der Waals surface area contributed by atoms with Crippen LogP contribution in [0.25, 0.3) is 0 Å². The third kappa shape index (κ3) is 2.42.